The smallest absolute Gasteiger partial charge is 0.244 e. The molecule has 0 unspecified atom stereocenters. The molecule has 0 atom stereocenters. The molecule has 0 aliphatic carbocycles. The van der Waals surface area contributed by atoms with E-state index in [-0.39, 0.29) is 34.8 Å². The van der Waals surface area contributed by atoms with Gasteiger partial charge >= 0.3 is 0 Å². The van der Waals surface area contributed by atoms with Crippen molar-refractivity contribution in [3.8, 4) is 0 Å². The van der Waals surface area contributed by atoms with Gasteiger partial charge in [-0.25, -0.2) is 8.42 Å². The van der Waals surface area contributed by atoms with Crippen molar-refractivity contribution >= 4 is 44.8 Å². The maximum atomic E-state index is 12.8. The van der Waals surface area contributed by atoms with Gasteiger partial charge in [0.25, 0.3) is 0 Å². The molecule has 1 saturated heterocycles. The van der Waals surface area contributed by atoms with Gasteiger partial charge in [0.1, 0.15) is 4.90 Å². The van der Waals surface area contributed by atoms with E-state index in [1.54, 1.807) is 6.07 Å². The SMILES string of the molecule is Cc1ccc(NC(=O)C2CCN(S(=O)(=O)c3cc(Cl)ccc3Cl)CC2)cc1. The first kappa shape index (κ1) is 20.1. The molecule has 0 bridgehead atoms. The Bertz CT molecular complexity index is 938. The first-order valence-corrected chi connectivity index (χ1v) is 10.8. The number of carbonyl (C=O) groups excluding carboxylic acids is 1. The van der Waals surface area contributed by atoms with Crippen LogP contribution in [0.25, 0.3) is 0 Å². The lowest BCUT2D eigenvalue weighted by molar-refractivity contribution is -0.120. The molecule has 1 fully saturated rings. The predicted octanol–water partition coefficient (Wildman–Crippen LogP) is 4.34. The Labute approximate surface area is 169 Å². The van der Waals surface area contributed by atoms with E-state index in [1.807, 2.05) is 31.2 Å². The second-order valence-corrected chi connectivity index (χ2v) is 9.36. The zero-order chi connectivity index (χ0) is 19.6. The van der Waals surface area contributed by atoms with Crippen molar-refractivity contribution in [2.24, 2.45) is 5.92 Å². The summed E-state index contributed by atoms with van der Waals surface area (Å²) in [6, 6.07) is 11.9. The number of sulfonamides is 1. The van der Waals surface area contributed by atoms with Gasteiger partial charge in [0.2, 0.25) is 15.9 Å². The van der Waals surface area contributed by atoms with Crippen LogP contribution in [0.2, 0.25) is 10.0 Å². The largest absolute Gasteiger partial charge is 0.326 e. The molecule has 1 amide bonds. The van der Waals surface area contributed by atoms with Crippen LogP contribution in [-0.2, 0) is 14.8 Å². The van der Waals surface area contributed by atoms with Crippen molar-refractivity contribution in [3.05, 3.63) is 58.1 Å². The molecule has 2 aromatic rings. The van der Waals surface area contributed by atoms with Crippen molar-refractivity contribution in [1.82, 2.24) is 4.31 Å². The number of benzene rings is 2. The highest BCUT2D eigenvalue weighted by molar-refractivity contribution is 7.89. The minimum absolute atomic E-state index is 0.000719. The quantitative estimate of drug-likeness (QED) is 0.790. The number of hydrogen-bond donors (Lipinski definition) is 1. The van der Waals surface area contributed by atoms with Crippen LogP contribution < -0.4 is 5.32 Å². The van der Waals surface area contributed by atoms with Gasteiger partial charge < -0.3 is 5.32 Å². The summed E-state index contributed by atoms with van der Waals surface area (Å²) in [7, 11) is -3.74. The summed E-state index contributed by atoms with van der Waals surface area (Å²) in [5.41, 5.74) is 1.86. The fourth-order valence-corrected chi connectivity index (χ4v) is 5.26. The van der Waals surface area contributed by atoms with Crippen LogP contribution in [0.15, 0.2) is 47.4 Å². The lowest BCUT2D eigenvalue weighted by Crippen LogP contribution is -2.41. The average Bonchev–Trinajstić information content (AvgIpc) is 2.65. The fourth-order valence-electron chi connectivity index (χ4n) is 3.05. The summed E-state index contributed by atoms with van der Waals surface area (Å²) in [4.78, 5) is 12.5. The number of nitrogens with one attached hydrogen (secondary N) is 1. The third-order valence-corrected chi connectivity index (χ3v) is 7.27. The zero-order valence-electron chi connectivity index (χ0n) is 14.8. The van der Waals surface area contributed by atoms with Crippen LogP contribution in [0.4, 0.5) is 5.69 Å². The van der Waals surface area contributed by atoms with Crippen LogP contribution in [-0.4, -0.2) is 31.7 Å². The summed E-state index contributed by atoms with van der Waals surface area (Å²) >= 11 is 12.0. The van der Waals surface area contributed by atoms with E-state index in [2.05, 4.69) is 5.32 Å². The van der Waals surface area contributed by atoms with Crippen molar-refractivity contribution in [3.63, 3.8) is 0 Å². The zero-order valence-corrected chi connectivity index (χ0v) is 17.1. The van der Waals surface area contributed by atoms with Crippen LogP contribution >= 0.6 is 23.2 Å². The molecular formula is C19H20Cl2N2O3S. The molecule has 5 nitrogen and oxygen atoms in total. The molecule has 1 aliphatic heterocycles. The maximum Gasteiger partial charge on any atom is 0.244 e. The first-order valence-electron chi connectivity index (χ1n) is 8.60. The van der Waals surface area contributed by atoms with E-state index < -0.39 is 10.0 Å². The number of hydrogen-bond acceptors (Lipinski definition) is 3. The number of anilines is 1. The highest BCUT2D eigenvalue weighted by atomic mass is 35.5. The Balaban J connectivity index is 1.65. The van der Waals surface area contributed by atoms with E-state index in [9.17, 15) is 13.2 Å². The van der Waals surface area contributed by atoms with Gasteiger partial charge in [-0.3, -0.25) is 4.79 Å². The Morgan fingerprint density at radius 1 is 1.07 bits per heavy atom. The van der Waals surface area contributed by atoms with Crippen molar-refractivity contribution < 1.29 is 13.2 Å². The summed E-state index contributed by atoms with van der Waals surface area (Å²) in [5, 5.41) is 3.34. The van der Waals surface area contributed by atoms with Crippen molar-refractivity contribution in [2.45, 2.75) is 24.7 Å². The van der Waals surface area contributed by atoms with E-state index in [0.29, 0.717) is 17.9 Å². The standard InChI is InChI=1S/C19H20Cl2N2O3S/c1-13-2-5-16(6-3-13)22-19(24)14-8-10-23(11-9-14)27(25,26)18-12-15(20)4-7-17(18)21/h2-7,12,14H,8-11H2,1H3,(H,22,24). The minimum atomic E-state index is -3.74. The molecule has 27 heavy (non-hydrogen) atoms. The van der Waals surface area contributed by atoms with E-state index in [4.69, 9.17) is 23.2 Å². The number of amides is 1. The van der Waals surface area contributed by atoms with Crippen LogP contribution in [0.5, 0.6) is 0 Å². The Morgan fingerprint density at radius 3 is 2.33 bits per heavy atom. The van der Waals surface area contributed by atoms with Crippen LogP contribution in [0.1, 0.15) is 18.4 Å². The fraction of sp³-hybridized carbons (Fsp3) is 0.316. The van der Waals surface area contributed by atoms with Crippen LogP contribution in [0, 0.1) is 12.8 Å². The minimum Gasteiger partial charge on any atom is -0.326 e. The van der Waals surface area contributed by atoms with Crippen molar-refractivity contribution in [2.75, 3.05) is 18.4 Å². The molecule has 144 valence electrons. The summed E-state index contributed by atoms with van der Waals surface area (Å²) in [6.45, 7) is 2.50. The molecule has 8 heteroatoms. The molecule has 3 rings (SSSR count). The molecule has 2 aromatic carbocycles. The average molecular weight is 427 g/mol. The first-order chi connectivity index (χ1) is 12.8. The molecule has 0 aromatic heterocycles. The Morgan fingerprint density at radius 2 is 1.70 bits per heavy atom. The topological polar surface area (TPSA) is 66.5 Å². The summed E-state index contributed by atoms with van der Waals surface area (Å²) < 4.78 is 27.0. The second kappa shape index (κ2) is 8.19. The third-order valence-electron chi connectivity index (χ3n) is 4.65. The highest BCUT2D eigenvalue weighted by Crippen LogP contribution is 2.30. The molecule has 1 aliphatic rings. The predicted molar refractivity (Wildman–Crippen MR) is 108 cm³/mol. The molecule has 1 heterocycles. The summed E-state index contributed by atoms with van der Waals surface area (Å²) in [6.07, 6.45) is 0.907. The van der Waals surface area contributed by atoms with E-state index in [1.165, 1.54) is 16.4 Å². The lowest BCUT2D eigenvalue weighted by atomic mass is 9.97. The van der Waals surface area contributed by atoms with Gasteiger partial charge in [0.05, 0.1) is 5.02 Å². The second-order valence-electron chi connectivity index (χ2n) is 6.61. The Hall–Kier alpha value is -1.60. The number of carbonyl (C=O) groups is 1. The van der Waals surface area contributed by atoms with Crippen molar-refractivity contribution in [1.29, 1.82) is 0 Å². The van der Waals surface area contributed by atoms with Gasteiger partial charge in [0.15, 0.2) is 0 Å². The van der Waals surface area contributed by atoms with Gasteiger partial charge in [-0.15, -0.1) is 0 Å². The monoisotopic (exact) mass is 426 g/mol. The number of aryl methyl sites for hydroxylation is 1. The van der Waals surface area contributed by atoms with E-state index >= 15 is 0 Å². The number of rotatable bonds is 4. The highest BCUT2D eigenvalue weighted by Gasteiger charge is 2.33. The number of piperidine rings is 1. The number of halogens is 2. The molecular weight excluding hydrogens is 407 g/mol. The molecule has 0 radical (unpaired) electrons. The van der Waals surface area contributed by atoms with Gasteiger partial charge in [0, 0.05) is 29.7 Å². The molecule has 0 spiro atoms. The lowest BCUT2D eigenvalue weighted by Gasteiger charge is -2.30. The maximum absolute atomic E-state index is 12.8. The van der Waals surface area contributed by atoms with E-state index in [0.717, 1.165) is 11.3 Å². The Kier molecular flexibility index (Phi) is 6.11. The summed E-state index contributed by atoms with van der Waals surface area (Å²) in [5.74, 6) is -0.315. The number of nitrogens with zero attached hydrogens (tertiary/aromatic N) is 1. The third kappa shape index (κ3) is 4.63. The molecule has 0 saturated carbocycles. The van der Waals surface area contributed by atoms with Gasteiger partial charge in [-0.05, 0) is 50.1 Å². The molecule has 1 N–H and O–H groups in total. The normalized spacial score (nSPS) is 16.3. The van der Waals surface area contributed by atoms with Gasteiger partial charge in [-0.2, -0.15) is 4.31 Å². The van der Waals surface area contributed by atoms with Gasteiger partial charge in [-0.1, -0.05) is 40.9 Å². The van der Waals surface area contributed by atoms with Crippen LogP contribution in [0.3, 0.4) is 0 Å².